The number of hydrogen-bond acceptors (Lipinski definition) is 3. The van der Waals surface area contributed by atoms with E-state index in [0.717, 1.165) is 51.5 Å². The van der Waals surface area contributed by atoms with Gasteiger partial charge in [-0.3, -0.25) is 9.59 Å². The minimum absolute atomic E-state index is 0.0799. The van der Waals surface area contributed by atoms with Gasteiger partial charge in [-0.1, -0.05) is 25.3 Å². The summed E-state index contributed by atoms with van der Waals surface area (Å²) in [6, 6.07) is 4.32. The van der Waals surface area contributed by atoms with Gasteiger partial charge in [-0.15, -0.1) is 11.3 Å². The molecule has 1 aliphatic carbocycles. The molecule has 2 heterocycles. The van der Waals surface area contributed by atoms with Crippen molar-refractivity contribution in [3.05, 3.63) is 22.4 Å². The Kier molecular flexibility index (Phi) is 6.91. The fourth-order valence-electron chi connectivity index (χ4n) is 4.06. The predicted octanol–water partition coefficient (Wildman–Crippen LogP) is 3.90. The largest absolute Gasteiger partial charge is 0.352 e. The lowest BCUT2D eigenvalue weighted by atomic mass is 9.95. The van der Waals surface area contributed by atoms with Crippen molar-refractivity contribution < 1.29 is 9.59 Å². The molecule has 1 aliphatic heterocycles. The molecule has 0 bridgehead atoms. The smallest absolute Gasteiger partial charge is 0.243 e. The number of amides is 2. The van der Waals surface area contributed by atoms with Crippen LogP contribution in [0, 0.1) is 0 Å². The van der Waals surface area contributed by atoms with E-state index in [2.05, 4.69) is 22.8 Å². The van der Waals surface area contributed by atoms with Crippen LogP contribution in [-0.4, -0.2) is 35.3 Å². The monoisotopic (exact) mass is 362 g/mol. The molecule has 1 saturated heterocycles. The van der Waals surface area contributed by atoms with Crippen LogP contribution in [0.5, 0.6) is 0 Å². The van der Waals surface area contributed by atoms with Crippen LogP contribution in [-0.2, 0) is 16.0 Å². The van der Waals surface area contributed by atoms with Gasteiger partial charge in [0.25, 0.3) is 0 Å². The molecule has 0 unspecified atom stereocenters. The van der Waals surface area contributed by atoms with E-state index in [1.165, 1.54) is 24.1 Å². The van der Waals surface area contributed by atoms with E-state index in [-0.39, 0.29) is 17.9 Å². The summed E-state index contributed by atoms with van der Waals surface area (Å²) >= 11 is 1.78. The Morgan fingerprint density at radius 3 is 2.72 bits per heavy atom. The molecule has 1 N–H and O–H groups in total. The van der Waals surface area contributed by atoms with Crippen molar-refractivity contribution in [2.75, 3.05) is 6.54 Å². The average Bonchev–Trinajstić information content (AvgIpc) is 3.31. The Morgan fingerprint density at radius 2 is 1.96 bits per heavy atom. The number of likely N-dealkylation sites (tertiary alicyclic amines) is 1. The number of nitrogens with one attached hydrogen (secondary N) is 1. The number of thiophene rings is 1. The number of rotatable bonds is 7. The molecule has 5 heteroatoms. The van der Waals surface area contributed by atoms with Gasteiger partial charge in [0.05, 0.1) is 0 Å². The fourth-order valence-corrected chi connectivity index (χ4v) is 4.81. The molecule has 1 atom stereocenters. The third-order valence-electron chi connectivity index (χ3n) is 5.47. The van der Waals surface area contributed by atoms with Crippen LogP contribution in [0.3, 0.4) is 0 Å². The van der Waals surface area contributed by atoms with Crippen LogP contribution in [0.4, 0.5) is 0 Å². The number of unbranched alkanes of at least 4 members (excludes halogenated alkanes) is 1. The molecule has 2 aliphatic rings. The van der Waals surface area contributed by atoms with E-state index in [4.69, 9.17) is 0 Å². The quantitative estimate of drug-likeness (QED) is 0.748. The van der Waals surface area contributed by atoms with E-state index in [1.54, 1.807) is 11.3 Å². The first-order chi connectivity index (χ1) is 12.2. The van der Waals surface area contributed by atoms with Gasteiger partial charge in [-0.05, 0) is 56.4 Å². The second-order valence-electron chi connectivity index (χ2n) is 7.38. The Labute approximate surface area is 155 Å². The van der Waals surface area contributed by atoms with E-state index in [1.807, 2.05) is 4.90 Å². The summed E-state index contributed by atoms with van der Waals surface area (Å²) in [4.78, 5) is 28.4. The van der Waals surface area contributed by atoms with Gasteiger partial charge in [0.1, 0.15) is 6.04 Å². The predicted molar refractivity (Wildman–Crippen MR) is 102 cm³/mol. The van der Waals surface area contributed by atoms with Crippen molar-refractivity contribution in [3.63, 3.8) is 0 Å². The van der Waals surface area contributed by atoms with Crippen LogP contribution in [0.1, 0.15) is 69.1 Å². The fraction of sp³-hybridized carbons (Fsp3) is 0.700. The van der Waals surface area contributed by atoms with Crippen molar-refractivity contribution in [2.45, 2.75) is 82.7 Å². The second-order valence-corrected chi connectivity index (χ2v) is 8.41. The molecule has 1 saturated carbocycles. The Hall–Kier alpha value is -1.36. The molecule has 1 aromatic heterocycles. The van der Waals surface area contributed by atoms with Gasteiger partial charge in [0, 0.05) is 23.9 Å². The summed E-state index contributed by atoms with van der Waals surface area (Å²) in [6.07, 6.45) is 11.2. The van der Waals surface area contributed by atoms with E-state index in [9.17, 15) is 9.59 Å². The molecule has 4 nitrogen and oxygen atoms in total. The molecular weight excluding hydrogens is 332 g/mol. The van der Waals surface area contributed by atoms with Gasteiger partial charge in [-0.25, -0.2) is 0 Å². The molecule has 3 rings (SSSR count). The summed E-state index contributed by atoms with van der Waals surface area (Å²) in [7, 11) is 0. The van der Waals surface area contributed by atoms with Crippen LogP contribution in [0.2, 0.25) is 0 Å². The van der Waals surface area contributed by atoms with Gasteiger partial charge in [0.15, 0.2) is 0 Å². The van der Waals surface area contributed by atoms with Crippen LogP contribution < -0.4 is 5.32 Å². The standard InChI is InChI=1S/C20H30N2O2S/c23-19(13-5-4-10-17-11-7-15-25-17)22-14-6-12-18(22)20(24)21-16-8-2-1-3-9-16/h7,11,15-16,18H,1-6,8-10,12-14H2,(H,21,24)/t18-/m0/s1. The SMILES string of the molecule is O=C(NC1CCCCC1)[C@@H]1CCCN1C(=O)CCCCc1cccs1. The minimum Gasteiger partial charge on any atom is -0.352 e. The van der Waals surface area contributed by atoms with Gasteiger partial charge < -0.3 is 10.2 Å². The maximum absolute atomic E-state index is 12.6. The molecule has 0 spiro atoms. The first-order valence-electron chi connectivity index (χ1n) is 9.86. The lowest BCUT2D eigenvalue weighted by molar-refractivity contribution is -0.138. The van der Waals surface area contributed by atoms with Crippen LogP contribution >= 0.6 is 11.3 Å². The number of hydrogen-bond donors (Lipinski definition) is 1. The second kappa shape index (κ2) is 9.37. The highest BCUT2D eigenvalue weighted by Crippen LogP contribution is 2.22. The first kappa shape index (κ1) is 18.4. The zero-order chi connectivity index (χ0) is 17.5. The third-order valence-corrected chi connectivity index (χ3v) is 6.41. The van der Waals surface area contributed by atoms with Gasteiger partial charge >= 0.3 is 0 Å². The molecule has 0 radical (unpaired) electrons. The van der Waals surface area contributed by atoms with Crippen molar-refractivity contribution in [3.8, 4) is 0 Å². The van der Waals surface area contributed by atoms with Crippen LogP contribution in [0.15, 0.2) is 17.5 Å². The normalized spacial score (nSPS) is 21.4. The summed E-state index contributed by atoms with van der Waals surface area (Å²) in [6.45, 7) is 0.743. The molecule has 2 fully saturated rings. The Morgan fingerprint density at radius 1 is 1.12 bits per heavy atom. The Balaban J connectivity index is 1.41. The van der Waals surface area contributed by atoms with E-state index in [0.29, 0.717) is 12.5 Å². The zero-order valence-corrected chi connectivity index (χ0v) is 15.9. The highest BCUT2D eigenvalue weighted by atomic mass is 32.1. The number of nitrogens with zero attached hydrogens (tertiary/aromatic N) is 1. The lowest BCUT2D eigenvalue weighted by Crippen LogP contribution is -2.49. The summed E-state index contributed by atoms with van der Waals surface area (Å²) in [5.74, 6) is 0.240. The molecule has 0 aromatic carbocycles. The third kappa shape index (κ3) is 5.30. The van der Waals surface area contributed by atoms with E-state index < -0.39 is 0 Å². The number of aryl methyl sites for hydroxylation is 1. The number of carbonyl (C=O) groups is 2. The van der Waals surface area contributed by atoms with Crippen molar-refractivity contribution in [1.29, 1.82) is 0 Å². The van der Waals surface area contributed by atoms with Crippen molar-refractivity contribution >= 4 is 23.2 Å². The first-order valence-corrected chi connectivity index (χ1v) is 10.7. The maximum Gasteiger partial charge on any atom is 0.243 e. The summed E-state index contributed by atoms with van der Waals surface area (Å²) in [5.41, 5.74) is 0. The molecular formula is C20H30N2O2S. The van der Waals surface area contributed by atoms with Crippen molar-refractivity contribution in [1.82, 2.24) is 10.2 Å². The minimum atomic E-state index is -0.230. The zero-order valence-electron chi connectivity index (χ0n) is 15.0. The summed E-state index contributed by atoms with van der Waals surface area (Å²) < 4.78 is 0. The molecule has 25 heavy (non-hydrogen) atoms. The molecule has 2 amide bonds. The van der Waals surface area contributed by atoms with E-state index >= 15 is 0 Å². The lowest BCUT2D eigenvalue weighted by Gasteiger charge is -2.28. The molecule has 138 valence electrons. The Bertz CT molecular complexity index is 552. The maximum atomic E-state index is 12.6. The summed E-state index contributed by atoms with van der Waals surface area (Å²) in [5, 5.41) is 5.30. The average molecular weight is 363 g/mol. The number of carbonyl (C=O) groups excluding carboxylic acids is 2. The highest BCUT2D eigenvalue weighted by molar-refractivity contribution is 7.09. The highest BCUT2D eigenvalue weighted by Gasteiger charge is 2.34. The molecule has 1 aromatic rings. The van der Waals surface area contributed by atoms with Crippen LogP contribution in [0.25, 0.3) is 0 Å². The topological polar surface area (TPSA) is 49.4 Å². The van der Waals surface area contributed by atoms with Crippen molar-refractivity contribution in [2.24, 2.45) is 0 Å². The van der Waals surface area contributed by atoms with Gasteiger partial charge in [-0.2, -0.15) is 0 Å². The van der Waals surface area contributed by atoms with Gasteiger partial charge in [0.2, 0.25) is 11.8 Å².